The highest BCUT2D eigenvalue weighted by atomic mass is 16.5. The Morgan fingerprint density at radius 2 is 2.07 bits per heavy atom. The first-order chi connectivity index (χ1) is 7.11. The van der Waals surface area contributed by atoms with Gasteiger partial charge in [0.15, 0.2) is 0 Å². The summed E-state index contributed by atoms with van der Waals surface area (Å²) in [5.41, 5.74) is 2.95. The average Bonchev–Trinajstić information content (AvgIpc) is 2.18. The largest absolute Gasteiger partial charge is 0.494 e. The summed E-state index contributed by atoms with van der Waals surface area (Å²) >= 11 is 0. The van der Waals surface area contributed by atoms with Gasteiger partial charge in [0.05, 0.1) is 27.2 Å². The van der Waals surface area contributed by atoms with Gasteiger partial charge in [-0.15, -0.1) is 0 Å². The fourth-order valence-electron chi connectivity index (χ4n) is 2.21. The van der Waals surface area contributed by atoms with E-state index in [1.165, 1.54) is 24.1 Å². The summed E-state index contributed by atoms with van der Waals surface area (Å²) in [6.45, 7) is 5.14. The van der Waals surface area contributed by atoms with E-state index in [4.69, 9.17) is 4.74 Å². The van der Waals surface area contributed by atoms with E-state index in [1.807, 2.05) is 6.92 Å². The summed E-state index contributed by atoms with van der Waals surface area (Å²) in [7, 11) is 4.58. The normalized spacial score (nSPS) is 18.3. The van der Waals surface area contributed by atoms with Gasteiger partial charge in [-0.3, -0.25) is 0 Å². The third-order valence-corrected chi connectivity index (χ3v) is 3.07. The molecule has 1 aromatic carbocycles. The maximum Gasteiger partial charge on any atom is 0.119 e. The van der Waals surface area contributed by atoms with Gasteiger partial charge in [-0.2, -0.15) is 0 Å². The molecule has 0 saturated carbocycles. The number of hydrogen-bond donors (Lipinski definition) is 0. The van der Waals surface area contributed by atoms with Gasteiger partial charge in [0.2, 0.25) is 0 Å². The van der Waals surface area contributed by atoms with Gasteiger partial charge in [-0.1, -0.05) is 0 Å². The number of benzene rings is 1. The van der Waals surface area contributed by atoms with Crippen LogP contribution in [0.25, 0.3) is 0 Å². The smallest absolute Gasteiger partial charge is 0.119 e. The average molecular weight is 206 g/mol. The molecule has 0 N–H and O–H groups in total. The highest BCUT2D eigenvalue weighted by molar-refractivity contribution is 5.36. The molecule has 0 atom stereocenters. The van der Waals surface area contributed by atoms with Crippen LogP contribution in [0.1, 0.15) is 18.1 Å². The minimum absolute atomic E-state index is 0.750. The minimum Gasteiger partial charge on any atom is -0.494 e. The zero-order valence-corrected chi connectivity index (χ0v) is 9.92. The summed E-state index contributed by atoms with van der Waals surface area (Å²) < 4.78 is 6.62. The van der Waals surface area contributed by atoms with Crippen molar-refractivity contribution in [2.45, 2.75) is 19.9 Å². The Balaban J connectivity index is 2.24. The summed E-state index contributed by atoms with van der Waals surface area (Å²) in [4.78, 5) is 0. The first-order valence-corrected chi connectivity index (χ1v) is 5.67. The lowest BCUT2D eigenvalue weighted by Gasteiger charge is -2.34. The van der Waals surface area contributed by atoms with E-state index in [9.17, 15) is 0 Å². The summed E-state index contributed by atoms with van der Waals surface area (Å²) in [5.74, 6) is 1.02. The summed E-state index contributed by atoms with van der Waals surface area (Å²) in [5, 5.41) is 0. The van der Waals surface area contributed by atoms with Gasteiger partial charge < -0.3 is 9.22 Å². The molecule has 15 heavy (non-hydrogen) atoms. The zero-order chi connectivity index (χ0) is 10.9. The van der Waals surface area contributed by atoms with Crippen LogP contribution < -0.4 is 4.74 Å². The van der Waals surface area contributed by atoms with Gasteiger partial charge >= 0.3 is 0 Å². The van der Waals surface area contributed by atoms with Crippen LogP contribution in [0.2, 0.25) is 0 Å². The fraction of sp³-hybridized carbons (Fsp3) is 0.538. The highest BCUT2D eigenvalue weighted by Crippen LogP contribution is 2.25. The van der Waals surface area contributed by atoms with Crippen LogP contribution in [-0.4, -0.2) is 31.7 Å². The molecule has 0 spiro atoms. The zero-order valence-electron chi connectivity index (χ0n) is 9.92. The molecule has 0 unspecified atom stereocenters. The van der Waals surface area contributed by atoms with E-state index >= 15 is 0 Å². The molecule has 1 aliphatic heterocycles. The molecule has 2 nitrogen and oxygen atoms in total. The molecule has 0 amide bonds. The van der Waals surface area contributed by atoms with Gasteiger partial charge in [0.25, 0.3) is 0 Å². The van der Waals surface area contributed by atoms with Crippen molar-refractivity contribution < 1.29 is 9.22 Å². The van der Waals surface area contributed by atoms with Crippen LogP contribution in [0.5, 0.6) is 5.75 Å². The summed E-state index contributed by atoms with van der Waals surface area (Å²) in [6, 6.07) is 6.52. The third kappa shape index (κ3) is 2.32. The van der Waals surface area contributed by atoms with Crippen LogP contribution in [-0.2, 0) is 13.0 Å². The van der Waals surface area contributed by atoms with Gasteiger partial charge in [0, 0.05) is 12.0 Å². The van der Waals surface area contributed by atoms with Crippen molar-refractivity contribution in [1.82, 2.24) is 0 Å². The van der Waals surface area contributed by atoms with E-state index in [2.05, 4.69) is 32.3 Å². The third-order valence-electron chi connectivity index (χ3n) is 3.07. The van der Waals surface area contributed by atoms with Crippen molar-refractivity contribution in [2.24, 2.45) is 0 Å². The summed E-state index contributed by atoms with van der Waals surface area (Å²) in [6.07, 6.45) is 1.17. The molecule has 0 saturated heterocycles. The molecule has 1 aromatic rings. The van der Waals surface area contributed by atoms with Crippen LogP contribution in [0.4, 0.5) is 0 Å². The van der Waals surface area contributed by atoms with Gasteiger partial charge in [-0.25, -0.2) is 0 Å². The Morgan fingerprint density at radius 1 is 1.27 bits per heavy atom. The molecule has 0 fully saturated rings. The van der Waals surface area contributed by atoms with Crippen LogP contribution >= 0.6 is 0 Å². The molecule has 2 heteroatoms. The molecule has 0 aromatic heterocycles. The Bertz CT molecular complexity index is 358. The van der Waals surface area contributed by atoms with E-state index < -0.39 is 0 Å². The molecule has 0 radical (unpaired) electrons. The number of rotatable bonds is 2. The van der Waals surface area contributed by atoms with Crippen LogP contribution in [0.3, 0.4) is 0 Å². The lowest BCUT2D eigenvalue weighted by Crippen LogP contribution is -2.43. The predicted molar refractivity (Wildman–Crippen MR) is 62.0 cm³/mol. The highest BCUT2D eigenvalue weighted by Gasteiger charge is 2.23. The number of likely N-dealkylation sites (N-methyl/N-ethyl adjacent to an activating group) is 1. The molecular formula is C13H20NO+. The Labute approximate surface area is 92.1 Å². The Hall–Kier alpha value is -1.02. The van der Waals surface area contributed by atoms with E-state index in [-0.39, 0.29) is 0 Å². The van der Waals surface area contributed by atoms with Crippen LogP contribution in [0.15, 0.2) is 18.2 Å². The second-order valence-corrected chi connectivity index (χ2v) is 4.93. The lowest BCUT2D eigenvalue weighted by molar-refractivity contribution is -0.905. The van der Waals surface area contributed by atoms with Crippen molar-refractivity contribution >= 4 is 0 Å². The van der Waals surface area contributed by atoms with Crippen molar-refractivity contribution in [3.05, 3.63) is 29.3 Å². The Morgan fingerprint density at radius 3 is 2.80 bits per heavy atom. The molecule has 2 rings (SSSR count). The molecule has 0 aliphatic carbocycles. The second kappa shape index (κ2) is 3.86. The molecular weight excluding hydrogens is 186 g/mol. The first kappa shape index (κ1) is 10.5. The van der Waals surface area contributed by atoms with Crippen molar-refractivity contribution in [2.75, 3.05) is 27.2 Å². The van der Waals surface area contributed by atoms with Crippen molar-refractivity contribution in [1.29, 1.82) is 0 Å². The maximum absolute atomic E-state index is 5.52. The van der Waals surface area contributed by atoms with Crippen LogP contribution in [0, 0.1) is 0 Å². The molecule has 1 heterocycles. The van der Waals surface area contributed by atoms with E-state index in [1.54, 1.807) is 0 Å². The minimum atomic E-state index is 0.750. The van der Waals surface area contributed by atoms with E-state index in [0.29, 0.717) is 0 Å². The predicted octanol–water partition coefficient (Wildman–Crippen LogP) is 2.22. The van der Waals surface area contributed by atoms with Crippen molar-refractivity contribution in [3.8, 4) is 5.75 Å². The molecule has 0 bridgehead atoms. The number of nitrogens with zero attached hydrogens (tertiary/aromatic N) is 1. The SMILES string of the molecule is CCOc1ccc2c(c1)CC[N+](C)(C)C2. The van der Waals surface area contributed by atoms with Gasteiger partial charge in [0.1, 0.15) is 12.3 Å². The Kier molecular flexibility index (Phi) is 2.70. The molecule has 82 valence electrons. The number of fused-ring (bicyclic) bond motifs is 1. The number of hydrogen-bond acceptors (Lipinski definition) is 1. The monoisotopic (exact) mass is 206 g/mol. The first-order valence-electron chi connectivity index (χ1n) is 5.67. The van der Waals surface area contributed by atoms with Gasteiger partial charge in [-0.05, 0) is 30.7 Å². The molecule has 1 aliphatic rings. The standard InChI is InChI=1S/C13H20NO/c1-4-15-13-6-5-12-10-14(2,3)8-7-11(12)9-13/h5-6,9H,4,7-8,10H2,1-3H3/q+1. The topological polar surface area (TPSA) is 9.23 Å². The van der Waals surface area contributed by atoms with Crippen molar-refractivity contribution in [3.63, 3.8) is 0 Å². The quantitative estimate of drug-likeness (QED) is 0.674. The lowest BCUT2D eigenvalue weighted by atomic mass is 9.98. The maximum atomic E-state index is 5.52. The number of ether oxygens (including phenoxy) is 1. The second-order valence-electron chi connectivity index (χ2n) is 4.93. The van der Waals surface area contributed by atoms with E-state index in [0.717, 1.165) is 23.4 Å². The fourth-order valence-corrected chi connectivity index (χ4v) is 2.21. The number of quaternary nitrogens is 1.